The van der Waals surface area contributed by atoms with Gasteiger partial charge in [0.15, 0.2) is 0 Å². The van der Waals surface area contributed by atoms with Crippen LogP contribution >= 0.6 is 0 Å². The Hall–Kier alpha value is -1.67. The third-order valence-corrected chi connectivity index (χ3v) is 1.24. The van der Waals surface area contributed by atoms with Crippen LogP contribution in [0.1, 0.15) is 102 Å². The summed E-state index contributed by atoms with van der Waals surface area (Å²) in [6.07, 6.45) is -0.962. The second kappa shape index (κ2) is 63.8. The first-order chi connectivity index (χ1) is 7.56. The molecule has 8 heteroatoms. The van der Waals surface area contributed by atoms with Gasteiger partial charge >= 0.3 is 11.9 Å². The van der Waals surface area contributed by atoms with E-state index in [0.29, 0.717) is 0 Å². The van der Waals surface area contributed by atoms with E-state index in [2.05, 4.69) is 19.2 Å². The van der Waals surface area contributed by atoms with Gasteiger partial charge in [0.05, 0.1) is 32.5 Å². The molecule has 8 nitrogen and oxygen atoms in total. The van der Waals surface area contributed by atoms with Gasteiger partial charge in [-0.2, -0.15) is 0 Å². The average Bonchev–Trinajstić information content (AvgIpc) is 2.17. The van der Waals surface area contributed by atoms with Gasteiger partial charge in [-0.25, -0.2) is 9.78 Å². The molecule has 0 aliphatic heterocycles. The highest BCUT2D eigenvalue weighted by Crippen LogP contribution is 1.91. The van der Waals surface area contributed by atoms with Crippen LogP contribution in [-0.2, 0) is 33.6 Å². The Labute approximate surface area is 179 Å². The minimum absolute atomic E-state index is 0. The molecule has 0 rings (SSSR count). The molecule has 188 valence electrons. The summed E-state index contributed by atoms with van der Waals surface area (Å²) in [7, 11) is 1.28. The summed E-state index contributed by atoms with van der Waals surface area (Å²) < 4.78 is 8.66. The average molecular weight is 428 g/mol. The van der Waals surface area contributed by atoms with Gasteiger partial charge in [0.1, 0.15) is 0 Å². The molecular weight excluding hydrogens is 368 g/mol. The van der Waals surface area contributed by atoms with Gasteiger partial charge < -0.3 is 19.4 Å². The summed E-state index contributed by atoms with van der Waals surface area (Å²) in [4.78, 5) is 40.0. The van der Waals surface area contributed by atoms with Crippen LogP contribution in [0.4, 0.5) is 0 Å². The van der Waals surface area contributed by atoms with E-state index in [9.17, 15) is 19.5 Å². The van der Waals surface area contributed by atoms with Crippen molar-refractivity contribution in [1.29, 1.82) is 0 Å². The molecule has 0 amide bonds. The number of rotatable bonds is 8. The third kappa shape index (κ3) is 74.5. The molecule has 0 aliphatic rings. The second-order valence-corrected chi connectivity index (χ2v) is 2.44. The highest BCUT2D eigenvalue weighted by molar-refractivity contribution is 5.89. The van der Waals surface area contributed by atoms with Crippen molar-refractivity contribution in [2.45, 2.75) is 102 Å². The van der Waals surface area contributed by atoms with Crippen LogP contribution in [-0.4, -0.2) is 38.4 Å². The van der Waals surface area contributed by atoms with Crippen LogP contribution in [0.2, 0.25) is 0 Å². The lowest BCUT2D eigenvalue weighted by Crippen LogP contribution is -2.26. The molecule has 0 aliphatic carbocycles. The van der Waals surface area contributed by atoms with Crippen molar-refractivity contribution in [3.05, 3.63) is 0 Å². The third-order valence-electron chi connectivity index (χ3n) is 1.24. The molecule has 0 aromatic rings. The van der Waals surface area contributed by atoms with Gasteiger partial charge in [-0.05, 0) is 0 Å². The first-order valence-corrected chi connectivity index (χ1v) is 4.23. The number of hydrogen-bond acceptors (Lipinski definition) is 8. The Balaban J connectivity index is -0.0000000170. The number of carboxylic acids is 1. The zero-order valence-corrected chi connectivity index (χ0v) is 8.59. The van der Waals surface area contributed by atoms with Crippen molar-refractivity contribution in [2.24, 2.45) is 0 Å². The van der Waals surface area contributed by atoms with E-state index in [0.717, 1.165) is 0 Å². The van der Waals surface area contributed by atoms with Crippen LogP contribution in [0.5, 0.6) is 0 Å². The van der Waals surface area contributed by atoms with Gasteiger partial charge in [0, 0.05) is 0 Å². The van der Waals surface area contributed by atoms with Crippen molar-refractivity contribution in [1.82, 2.24) is 0 Å². The van der Waals surface area contributed by atoms with Crippen LogP contribution in [0.25, 0.3) is 0 Å². The van der Waals surface area contributed by atoms with E-state index in [1.165, 1.54) is 7.11 Å². The monoisotopic (exact) mass is 427 g/mol. The quantitative estimate of drug-likeness (QED) is 0.120. The predicted molar refractivity (Wildman–Crippen MR) is 125 cm³/mol. The Morgan fingerprint density at radius 3 is 1.36 bits per heavy atom. The Kier molecular flexibility index (Phi) is 217. The predicted octanol–water partition coefficient (Wildman–Crippen LogP) is 5.77. The maximum Gasteiger partial charge on any atom is 0.314 e. The number of carbonyl (C=O) groups is 3. The Morgan fingerprint density at radius 2 is 1.04 bits per heavy atom. The summed E-state index contributed by atoms with van der Waals surface area (Å²) in [5.74, 6) is -3.27. The molecule has 0 unspecified atom stereocenters. The van der Waals surface area contributed by atoms with Crippen molar-refractivity contribution in [3.63, 3.8) is 0 Å². The van der Waals surface area contributed by atoms with Gasteiger partial charge in [-0.3, -0.25) is 9.59 Å². The van der Waals surface area contributed by atoms with Gasteiger partial charge in [-0.1, -0.05) is 89.1 Å². The molecule has 0 N–H and O–H groups in total. The number of aliphatic carboxylic acids is 1. The highest BCUT2D eigenvalue weighted by Gasteiger charge is 2.06. The van der Waals surface area contributed by atoms with E-state index in [4.69, 9.17) is 0 Å². The molecule has 0 bridgehead atoms. The molecule has 0 fully saturated rings. The first kappa shape index (κ1) is 95.1. The summed E-state index contributed by atoms with van der Waals surface area (Å²) in [5, 5.41) is 9.93. The molecule has 0 spiro atoms. The van der Waals surface area contributed by atoms with E-state index in [1.807, 2.05) is 0 Å². The lowest BCUT2D eigenvalue weighted by Gasteiger charge is -2.06. The highest BCUT2D eigenvalue weighted by atomic mass is 17.2. The van der Waals surface area contributed by atoms with Crippen LogP contribution < -0.4 is 5.11 Å². The zero-order chi connectivity index (χ0) is 12.4. The SMILES string of the molecule is C.C.C.C.C.C.C.C.C.C.C.C.COOCCC(=O)OCOC(=O)CC(=O)[O-]. The van der Waals surface area contributed by atoms with Gasteiger partial charge in [-0.15, -0.1) is 0 Å². The van der Waals surface area contributed by atoms with Gasteiger partial charge in [0.2, 0.25) is 6.79 Å². The van der Waals surface area contributed by atoms with Crippen molar-refractivity contribution >= 4 is 17.9 Å². The fraction of sp³-hybridized carbons (Fsp3) is 0.850. The van der Waals surface area contributed by atoms with Crippen LogP contribution in [0.15, 0.2) is 0 Å². The lowest BCUT2D eigenvalue weighted by molar-refractivity contribution is -0.305. The number of ether oxygens (including phenoxy) is 2. The summed E-state index contributed by atoms with van der Waals surface area (Å²) in [5.41, 5.74) is 0. The molecule has 0 atom stereocenters. The topological polar surface area (TPSA) is 111 Å². The largest absolute Gasteiger partial charge is 0.550 e. The minimum atomic E-state index is -1.56. The standard InChI is InChI=1S/C8H12O8.12CH4/c1-13-16-3-2-7(11)14-5-15-8(12)4-6(9)10;;;;;;;;;;;;/h2-5H2,1H3,(H,9,10);12*1H4/p-1. The number of carbonyl (C=O) groups excluding carboxylic acids is 3. The Bertz CT molecular complexity index is 257. The van der Waals surface area contributed by atoms with Crippen LogP contribution in [0, 0.1) is 0 Å². The van der Waals surface area contributed by atoms with E-state index in [1.54, 1.807) is 0 Å². The van der Waals surface area contributed by atoms with Gasteiger partial charge in [0.25, 0.3) is 0 Å². The van der Waals surface area contributed by atoms with Crippen molar-refractivity contribution in [2.75, 3.05) is 20.5 Å². The maximum absolute atomic E-state index is 10.8. The molecular formula is C20H59O8-. The smallest absolute Gasteiger partial charge is 0.314 e. The van der Waals surface area contributed by atoms with Crippen molar-refractivity contribution < 1.29 is 38.7 Å². The number of esters is 2. The number of carboxylic acid groups (broad SMARTS) is 1. The molecule has 0 saturated heterocycles. The van der Waals surface area contributed by atoms with Crippen molar-refractivity contribution in [3.8, 4) is 0 Å². The normalized spacial score (nSPS) is 5.46. The molecule has 0 saturated carbocycles. The summed E-state index contributed by atoms with van der Waals surface area (Å²) >= 11 is 0. The molecule has 0 aromatic carbocycles. The molecule has 0 radical (unpaired) electrons. The fourth-order valence-corrected chi connectivity index (χ4v) is 0.610. The molecule has 0 heterocycles. The summed E-state index contributed by atoms with van der Waals surface area (Å²) in [6, 6.07) is 0. The van der Waals surface area contributed by atoms with E-state index >= 15 is 0 Å². The van der Waals surface area contributed by atoms with Crippen LogP contribution in [0.3, 0.4) is 0 Å². The lowest BCUT2D eigenvalue weighted by atomic mass is 10.4. The minimum Gasteiger partial charge on any atom is -0.550 e. The fourth-order valence-electron chi connectivity index (χ4n) is 0.610. The zero-order valence-electron chi connectivity index (χ0n) is 8.59. The second-order valence-electron chi connectivity index (χ2n) is 2.44. The summed E-state index contributed by atoms with van der Waals surface area (Å²) in [6.45, 7) is -0.639. The van der Waals surface area contributed by atoms with E-state index in [-0.39, 0.29) is 102 Å². The Morgan fingerprint density at radius 1 is 0.679 bits per heavy atom. The molecule has 0 aromatic heterocycles. The first-order valence-electron chi connectivity index (χ1n) is 4.23. The maximum atomic E-state index is 10.8. The molecule has 28 heavy (non-hydrogen) atoms. The van der Waals surface area contributed by atoms with E-state index < -0.39 is 31.1 Å². The number of hydrogen-bond donors (Lipinski definition) is 0.